The van der Waals surface area contributed by atoms with Crippen molar-refractivity contribution in [2.24, 2.45) is 5.10 Å². The highest BCUT2D eigenvalue weighted by Gasteiger charge is 2.14. The van der Waals surface area contributed by atoms with Gasteiger partial charge in [-0.2, -0.15) is 5.10 Å². The lowest BCUT2D eigenvalue weighted by atomic mass is 10.1. The molecular formula is C19H22N4O2. The lowest BCUT2D eigenvalue weighted by molar-refractivity contribution is -0.136. The molecule has 0 saturated carbocycles. The first-order valence-corrected chi connectivity index (χ1v) is 8.01. The summed E-state index contributed by atoms with van der Waals surface area (Å²) in [5.41, 5.74) is 5.72. The summed E-state index contributed by atoms with van der Waals surface area (Å²) < 4.78 is 0. The molecule has 130 valence electrons. The van der Waals surface area contributed by atoms with Crippen molar-refractivity contribution in [1.29, 1.82) is 0 Å². The number of aryl methyl sites for hydroxylation is 1. The first-order chi connectivity index (χ1) is 12.0. The van der Waals surface area contributed by atoms with Gasteiger partial charge in [0.15, 0.2) is 0 Å². The predicted octanol–water partition coefficient (Wildman–Crippen LogP) is 2.40. The molecule has 0 radical (unpaired) electrons. The number of hydrogen-bond acceptors (Lipinski definition) is 4. The van der Waals surface area contributed by atoms with Crippen LogP contribution < -0.4 is 15.6 Å². The minimum atomic E-state index is -0.813. The third kappa shape index (κ3) is 5.17. The molecule has 0 spiro atoms. The van der Waals surface area contributed by atoms with Crippen LogP contribution in [0.15, 0.2) is 53.6 Å². The number of carbonyl (C=O) groups excluding carboxylic acids is 2. The zero-order chi connectivity index (χ0) is 18.2. The van der Waals surface area contributed by atoms with E-state index in [1.165, 1.54) is 6.21 Å². The van der Waals surface area contributed by atoms with Crippen molar-refractivity contribution in [3.63, 3.8) is 0 Å². The van der Waals surface area contributed by atoms with E-state index >= 15 is 0 Å². The average molecular weight is 338 g/mol. The van der Waals surface area contributed by atoms with Gasteiger partial charge < -0.3 is 10.2 Å². The SMILES string of the molecule is CCc1ccccc1NC(=O)C(=O)N/N=C/c1ccc(N(C)C)cc1. The molecule has 2 aromatic rings. The number of anilines is 2. The number of amides is 2. The van der Waals surface area contributed by atoms with E-state index in [0.29, 0.717) is 5.69 Å². The summed E-state index contributed by atoms with van der Waals surface area (Å²) in [6.07, 6.45) is 2.25. The highest BCUT2D eigenvalue weighted by molar-refractivity contribution is 6.39. The van der Waals surface area contributed by atoms with E-state index < -0.39 is 11.8 Å². The zero-order valence-electron chi connectivity index (χ0n) is 14.6. The van der Waals surface area contributed by atoms with Gasteiger partial charge in [0.25, 0.3) is 0 Å². The molecule has 0 atom stereocenters. The Morgan fingerprint density at radius 1 is 1.04 bits per heavy atom. The molecular weight excluding hydrogens is 316 g/mol. The van der Waals surface area contributed by atoms with Gasteiger partial charge in [-0.05, 0) is 35.7 Å². The molecule has 2 amide bonds. The fourth-order valence-corrected chi connectivity index (χ4v) is 2.20. The standard InChI is InChI=1S/C19H22N4O2/c1-4-15-7-5-6-8-17(15)21-18(24)19(25)22-20-13-14-9-11-16(12-10-14)23(2)3/h5-13H,4H2,1-3H3,(H,21,24)(H,22,25)/b20-13+. The number of para-hydroxylation sites is 1. The van der Waals surface area contributed by atoms with Gasteiger partial charge in [-0.15, -0.1) is 0 Å². The maximum atomic E-state index is 11.9. The topological polar surface area (TPSA) is 73.8 Å². The number of benzene rings is 2. The normalized spacial score (nSPS) is 10.5. The summed E-state index contributed by atoms with van der Waals surface area (Å²) in [7, 11) is 3.91. The van der Waals surface area contributed by atoms with Crippen LogP contribution in [0.25, 0.3) is 0 Å². The van der Waals surface area contributed by atoms with E-state index in [0.717, 1.165) is 23.2 Å². The lowest BCUT2D eigenvalue weighted by Gasteiger charge is -2.11. The number of carbonyl (C=O) groups is 2. The van der Waals surface area contributed by atoms with Crippen LogP contribution in [0.1, 0.15) is 18.1 Å². The summed E-state index contributed by atoms with van der Waals surface area (Å²) in [6.45, 7) is 1.98. The van der Waals surface area contributed by atoms with Gasteiger partial charge in [-0.3, -0.25) is 9.59 Å². The van der Waals surface area contributed by atoms with E-state index in [1.807, 2.05) is 68.4 Å². The van der Waals surface area contributed by atoms with Crippen molar-refractivity contribution in [3.8, 4) is 0 Å². The number of nitrogens with one attached hydrogen (secondary N) is 2. The fourth-order valence-electron chi connectivity index (χ4n) is 2.20. The second-order valence-electron chi connectivity index (χ2n) is 5.65. The number of hydrazone groups is 1. The number of rotatable bonds is 5. The molecule has 25 heavy (non-hydrogen) atoms. The first kappa shape index (κ1) is 18.2. The van der Waals surface area contributed by atoms with Crippen LogP contribution in [-0.4, -0.2) is 32.1 Å². The predicted molar refractivity (Wildman–Crippen MR) is 101 cm³/mol. The average Bonchev–Trinajstić information content (AvgIpc) is 2.62. The van der Waals surface area contributed by atoms with Gasteiger partial charge in [-0.25, -0.2) is 5.43 Å². The Hall–Kier alpha value is -3.15. The highest BCUT2D eigenvalue weighted by Crippen LogP contribution is 2.15. The van der Waals surface area contributed by atoms with Gasteiger partial charge in [0.05, 0.1) is 6.21 Å². The Morgan fingerprint density at radius 3 is 2.36 bits per heavy atom. The molecule has 6 nitrogen and oxygen atoms in total. The van der Waals surface area contributed by atoms with E-state index in [4.69, 9.17) is 0 Å². The van der Waals surface area contributed by atoms with Crippen LogP contribution in [0.4, 0.5) is 11.4 Å². The van der Waals surface area contributed by atoms with Gasteiger partial charge in [0, 0.05) is 25.5 Å². The minimum Gasteiger partial charge on any atom is -0.378 e. The third-order valence-electron chi connectivity index (χ3n) is 3.64. The second kappa shape index (κ2) is 8.63. The van der Waals surface area contributed by atoms with Crippen molar-refractivity contribution in [3.05, 3.63) is 59.7 Å². The molecule has 0 heterocycles. The summed E-state index contributed by atoms with van der Waals surface area (Å²) in [5, 5.41) is 6.42. The third-order valence-corrected chi connectivity index (χ3v) is 3.64. The molecule has 0 aliphatic carbocycles. The monoisotopic (exact) mass is 338 g/mol. The quantitative estimate of drug-likeness (QED) is 0.499. The van der Waals surface area contributed by atoms with E-state index in [9.17, 15) is 9.59 Å². The molecule has 0 unspecified atom stereocenters. The molecule has 0 aromatic heterocycles. The Kier molecular flexibility index (Phi) is 6.28. The molecule has 2 aromatic carbocycles. The minimum absolute atomic E-state index is 0.633. The summed E-state index contributed by atoms with van der Waals surface area (Å²) in [5.74, 6) is -1.56. The molecule has 0 aliphatic heterocycles. The largest absolute Gasteiger partial charge is 0.378 e. The van der Waals surface area contributed by atoms with Crippen molar-refractivity contribution in [1.82, 2.24) is 5.43 Å². The van der Waals surface area contributed by atoms with Crippen LogP contribution in [0.3, 0.4) is 0 Å². The molecule has 0 fully saturated rings. The summed E-state index contributed by atoms with van der Waals surface area (Å²) >= 11 is 0. The van der Waals surface area contributed by atoms with Crippen molar-refractivity contribution >= 4 is 29.4 Å². The van der Waals surface area contributed by atoms with E-state index in [1.54, 1.807) is 6.07 Å². The van der Waals surface area contributed by atoms with E-state index in [2.05, 4.69) is 15.8 Å². The summed E-state index contributed by atoms with van der Waals surface area (Å²) in [6, 6.07) is 15.0. The fraction of sp³-hybridized carbons (Fsp3) is 0.211. The van der Waals surface area contributed by atoms with Crippen LogP contribution in [-0.2, 0) is 16.0 Å². The Morgan fingerprint density at radius 2 is 1.72 bits per heavy atom. The van der Waals surface area contributed by atoms with Crippen LogP contribution in [0.2, 0.25) is 0 Å². The highest BCUT2D eigenvalue weighted by atomic mass is 16.2. The maximum absolute atomic E-state index is 11.9. The van der Waals surface area contributed by atoms with Gasteiger partial charge in [0.1, 0.15) is 0 Å². The smallest absolute Gasteiger partial charge is 0.329 e. The molecule has 0 bridgehead atoms. The van der Waals surface area contributed by atoms with Crippen LogP contribution >= 0.6 is 0 Å². The number of nitrogens with zero attached hydrogens (tertiary/aromatic N) is 2. The van der Waals surface area contributed by atoms with E-state index in [-0.39, 0.29) is 0 Å². The molecule has 2 N–H and O–H groups in total. The van der Waals surface area contributed by atoms with Crippen LogP contribution in [0, 0.1) is 0 Å². The van der Waals surface area contributed by atoms with Crippen LogP contribution in [0.5, 0.6) is 0 Å². The van der Waals surface area contributed by atoms with Gasteiger partial charge in [0.2, 0.25) is 0 Å². The van der Waals surface area contributed by atoms with Gasteiger partial charge in [-0.1, -0.05) is 37.3 Å². The molecule has 0 aliphatic rings. The van der Waals surface area contributed by atoms with Crippen molar-refractivity contribution in [2.75, 3.05) is 24.3 Å². The lowest BCUT2D eigenvalue weighted by Crippen LogP contribution is -2.32. The zero-order valence-corrected chi connectivity index (χ0v) is 14.6. The molecule has 2 rings (SSSR count). The first-order valence-electron chi connectivity index (χ1n) is 8.01. The van der Waals surface area contributed by atoms with Gasteiger partial charge >= 0.3 is 11.8 Å². The Labute approximate surface area is 147 Å². The maximum Gasteiger partial charge on any atom is 0.329 e. The number of hydrogen-bond donors (Lipinski definition) is 2. The Bertz CT molecular complexity index is 767. The Balaban J connectivity index is 1.91. The molecule has 6 heteroatoms. The molecule has 0 saturated heterocycles. The van der Waals surface area contributed by atoms with Crippen molar-refractivity contribution < 1.29 is 9.59 Å². The van der Waals surface area contributed by atoms with Crippen molar-refractivity contribution in [2.45, 2.75) is 13.3 Å². The summed E-state index contributed by atoms with van der Waals surface area (Å²) in [4.78, 5) is 25.8. The second-order valence-corrected chi connectivity index (χ2v) is 5.65.